The zero-order valence-corrected chi connectivity index (χ0v) is 24.8. The van der Waals surface area contributed by atoms with Gasteiger partial charge in [-0.3, -0.25) is 19.2 Å². The first kappa shape index (κ1) is 32.0. The number of nitrogens with zero attached hydrogens (tertiary/aromatic N) is 1. The van der Waals surface area contributed by atoms with Gasteiger partial charge in [0.15, 0.2) is 5.78 Å². The minimum atomic E-state index is -1.05. The molecule has 0 saturated carbocycles. The Hall–Kier alpha value is -3.21. The fourth-order valence-corrected chi connectivity index (χ4v) is 4.84. The first-order valence-corrected chi connectivity index (χ1v) is 13.7. The number of carbonyl (C=O) groups excluding carboxylic acids is 5. The molecule has 0 radical (unpaired) electrons. The molecule has 39 heavy (non-hydrogen) atoms. The van der Waals surface area contributed by atoms with Crippen molar-refractivity contribution < 1.29 is 33.8 Å². The van der Waals surface area contributed by atoms with Gasteiger partial charge < -0.3 is 25.4 Å². The Balaban J connectivity index is 2.41. The lowest BCUT2D eigenvalue weighted by Crippen LogP contribution is -2.56. The standard InChI is InChI=1S/C28H38BrN3O7/c1-14-10-16(3)25(35)30-18(5)27(37)32(7)22(13-20-8-9-23(33)21(29)12-20)26(36)31-19(6)28(38)39-17(4)11-15(2)24(14)34/h8-9,12,15-19,22,33H,1,10-11,13H2,2-7H3,(H,30,35)(H,31,36)/t15-,16+,17+,18+,19+,22-/m1/s1. The molecule has 1 aliphatic heterocycles. The van der Waals surface area contributed by atoms with Gasteiger partial charge in [-0.15, -0.1) is 0 Å². The van der Waals surface area contributed by atoms with Gasteiger partial charge in [0, 0.05) is 25.3 Å². The molecule has 10 nitrogen and oxygen atoms in total. The highest BCUT2D eigenvalue weighted by Crippen LogP contribution is 2.25. The van der Waals surface area contributed by atoms with E-state index in [4.69, 9.17) is 4.74 Å². The van der Waals surface area contributed by atoms with Gasteiger partial charge in [0.2, 0.25) is 17.7 Å². The molecular weight excluding hydrogens is 570 g/mol. The third-order valence-corrected chi connectivity index (χ3v) is 7.43. The Morgan fingerprint density at radius 2 is 1.62 bits per heavy atom. The number of benzene rings is 1. The molecule has 1 heterocycles. The number of likely N-dealkylation sites (N-methyl/N-ethyl adjacent to an activating group) is 1. The van der Waals surface area contributed by atoms with Crippen LogP contribution in [-0.4, -0.2) is 70.8 Å². The van der Waals surface area contributed by atoms with Crippen LogP contribution in [0.15, 0.2) is 34.8 Å². The highest BCUT2D eigenvalue weighted by Gasteiger charge is 2.34. The summed E-state index contributed by atoms with van der Waals surface area (Å²) in [5, 5.41) is 15.1. The lowest BCUT2D eigenvalue weighted by Gasteiger charge is -2.31. The maximum atomic E-state index is 13.4. The van der Waals surface area contributed by atoms with E-state index in [0.29, 0.717) is 10.0 Å². The third kappa shape index (κ3) is 8.64. The van der Waals surface area contributed by atoms with E-state index in [2.05, 4.69) is 33.1 Å². The quantitative estimate of drug-likeness (QED) is 0.346. The first-order valence-electron chi connectivity index (χ1n) is 12.9. The molecule has 1 aromatic carbocycles. The van der Waals surface area contributed by atoms with Crippen LogP contribution in [-0.2, 0) is 35.1 Å². The fourth-order valence-electron chi connectivity index (χ4n) is 4.42. The maximum Gasteiger partial charge on any atom is 0.328 e. The van der Waals surface area contributed by atoms with Gasteiger partial charge in [0.05, 0.1) is 10.6 Å². The Kier molecular flexibility index (Phi) is 11.3. The number of phenols is 1. The number of cyclic esters (lactones) is 1. The Labute approximate surface area is 237 Å². The number of nitrogens with one attached hydrogen (secondary N) is 2. The van der Waals surface area contributed by atoms with Crippen molar-refractivity contribution in [2.45, 2.75) is 78.1 Å². The van der Waals surface area contributed by atoms with Crippen molar-refractivity contribution in [1.82, 2.24) is 15.5 Å². The summed E-state index contributed by atoms with van der Waals surface area (Å²) in [7, 11) is 1.44. The molecule has 11 heteroatoms. The fraction of sp³-hybridized carbons (Fsp3) is 0.536. The summed E-state index contributed by atoms with van der Waals surface area (Å²) in [6.45, 7) is 11.8. The second kappa shape index (κ2) is 13.7. The van der Waals surface area contributed by atoms with E-state index in [0.717, 1.165) is 0 Å². The zero-order chi connectivity index (χ0) is 29.6. The van der Waals surface area contributed by atoms with Crippen molar-refractivity contribution in [2.24, 2.45) is 11.8 Å². The molecule has 214 valence electrons. The molecular formula is C28H38BrN3O7. The summed E-state index contributed by atoms with van der Waals surface area (Å²) in [6, 6.07) is 1.67. The molecule has 1 fully saturated rings. The van der Waals surface area contributed by atoms with E-state index in [-0.39, 0.29) is 36.4 Å². The molecule has 6 atom stereocenters. The van der Waals surface area contributed by atoms with Crippen LogP contribution >= 0.6 is 15.9 Å². The summed E-state index contributed by atoms with van der Waals surface area (Å²) in [5.74, 6) is -3.56. The van der Waals surface area contributed by atoms with Gasteiger partial charge in [-0.25, -0.2) is 4.79 Å². The van der Waals surface area contributed by atoms with E-state index in [1.54, 1.807) is 32.9 Å². The van der Waals surface area contributed by atoms with E-state index >= 15 is 0 Å². The number of ketones is 1. The molecule has 1 aliphatic rings. The zero-order valence-electron chi connectivity index (χ0n) is 23.2. The smallest absolute Gasteiger partial charge is 0.328 e. The van der Waals surface area contributed by atoms with Crippen LogP contribution < -0.4 is 10.6 Å². The molecule has 0 unspecified atom stereocenters. The van der Waals surface area contributed by atoms with Crippen LogP contribution in [0.2, 0.25) is 0 Å². The minimum Gasteiger partial charge on any atom is -0.507 e. The van der Waals surface area contributed by atoms with E-state index in [9.17, 15) is 29.1 Å². The molecule has 0 bridgehead atoms. The number of ether oxygens (including phenoxy) is 1. The molecule has 1 saturated heterocycles. The largest absolute Gasteiger partial charge is 0.507 e. The highest BCUT2D eigenvalue weighted by atomic mass is 79.9. The van der Waals surface area contributed by atoms with Crippen LogP contribution in [0.25, 0.3) is 0 Å². The van der Waals surface area contributed by atoms with Crippen molar-refractivity contribution in [2.75, 3.05) is 7.05 Å². The van der Waals surface area contributed by atoms with E-state index in [1.807, 2.05) is 0 Å². The van der Waals surface area contributed by atoms with Gasteiger partial charge in [-0.2, -0.15) is 0 Å². The lowest BCUT2D eigenvalue weighted by molar-refractivity contribution is -0.153. The second-order valence-electron chi connectivity index (χ2n) is 10.4. The Morgan fingerprint density at radius 1 is 1.00 bits per heavy atom. The summed E-state index contributed by atoms with van der Waals surface area (Å²) >= 11 is 3.25. The number of phenolic OH excluding ortho intramolecular Hbond substituents is 1. The monoisotopic (exact) mass is 607 g/mol. The van der Waals surface area contributed by atoms with Gasteiger partial charge >= 0.3 is 5.97 Å². The van der Waals surface area contributed by atoms with Crippen LogP contribution in [0.1, 0.15) is 53.0 Å². The summed E-state index contributed by atoms with van der Waals surface area (Å²) in [4.78, 5) is 66.3. The number of aromatic hydroxyl groups is 1. The normalized spacial score (nSPS) is 28.7. The highest BCUT2D eigenvalue weighted by molar-refractivity contribution is 9.10. The van der Waals surface area contributed by atoms with Gasteiger partial charge in [-0.05, 0) is 72.8 Å². The maximum absolute atomic E-state index is 13.4. The molecule has 1 aromatic rings. The number of carbonyl (C=O) groups is 5. The summed E-state index contributed by atoms with van der Waals surface area (Å²) < 4.78 is 5.90. The van der Waals surface area contributed by atoms with Crippen molar-refractivity contribution in [3.8, 4) is 5.75 Å². The third-order valence-electron chi connectivity index (χ3n) is 6.80. The molecule has 3 amide bonds. The molecule has 0 aliphatic carbocycles. The predicted molar refractivity (Wildman–Crippen MR) is 149 cm³/mol. The molecule has 3 N–H and O–H groups in total. The molecule has 0 spiro atoms. The van der Waals surface area contributed by atoms with E-state index < -0.39 is 59.8 Å². The predicted octanol–water partition coefficient (Wildman–Crippen LogP) is 2.66. The van der Waals surface area contributed by atoms with Crippen LogP contribution in [0.5, 0.6) is 5.75 Å². The molecule has 0 aromatic heterocycles. The number of rotatable bonds is 2. The topological polar surface area (TPSA) is 142 Å². The average molecular weight is 609 g/mol. The van der Waals surface area contributed by atoms with Crippen LogP contribution in [0, 0.1) is 11.8 Å². The number of amides is 3. The number of halogens is 1. The van der Waals surface area contributed by atoms with Crippen LogP contribution in [0.3, 0.4) is 0 Å². The minimum absolute atomic E-state index is 0.0204. The number of hydrogen-bond donors (Lipinski definition) is 3. The van der Waals surface area contributed by atoms with Crippen molar-refractivity contribution in [3.63, 3.8) is 0 Å². The van der Waals surface area contributed by atoms with Crippen LogP contribution in [0.4, 0.5) is 0 Å². The summed E-state index contributed by atoms with van der Waals surface area (Å²) in [6.07, 6.45) is -0.185. The number of Topliss-reactive ketones (excluding diaryl/α,β-unsaturated/α-hetero) is 1. The van der Waals surface area contributed by atoms with Crippen molar-refractivity contribution in [1.29, 1.82) is 0 Å². The average Bonchev–Trinajstić information content (AvgIpc) is 2.86. The first-order chi connectivity index (χ1) is 18.1. The number of hydrogen-bond acceptors (Lipinski definition) is 7. The SMILES string of the molecule is C=C1C[C@H](C)C(=O)N[C@@H](C)C(=O)N(C)[C@H](Cc2ccc(O)c(Br)c2)C(=O)N[C@@H](C)C(=O)O[C@@H](C)C[C@@H](C)C1=O. The Bertz CT molecular complexity index is 1140. The number of esters is 1. The van der Waals surface area contributed by atoms with Crippen molar-refractivity contribution >= 4 is 45.4 Å². The Morgan fingerprint density at radius 3 is 2.23 bits per heavy atom. The molecule has 2 rings (SSSR count). The van der Waals surface area contributed by atoms with Gasteiger partial charge in [-0.1, -0.05) is 26.5 Å². The second-order valence-corrected chi connectivity index (χ2v) is 11.2. The van der Waals surface area contributed by atoms with Gasteiger partial charge in [0.25, 0.3) is 0 Å². The number of allylic oxidation sites excluding steroid dienone is 1. The van der Waals surface area contributed by atoms with Gasteiger partial charge in [0.1, 0.15) is 23.9 Å². The summed E-state index contributed by atoms with van der Waals surface area (Å²) in [5.41, 5.74) is 0.926. The van der Waals surface area contributed by atoms with Crippen molar-refractivity contribution in [3.05, 3.63) is 40.4 Å². The van der Waals surface area contributed by atoms with E-state index in [1.165, 1.54) is 31.9 Å². The lowest BCUT2D eigenvalue weighted by atomic mass is 9.90.